The lowest BCUT2D eigenvalue weighted by Crippen LogP contribution is -1.96. The fourth-order valence-electron chi connectivity index (χ4n) is 2.11. The Morgan fingerprint density at radius 2 is 2.25 bits per heavy atom. The van der Waals surface area contributed by atoms with Crippen LogP contribution in [-0.2, 0) is 4.79 Å². The molecule has 1 fully saturated rings. The third-order valence-corrected chi connectivity index (χ3v) is 2.96. The zero-order chi connectivity index (χ0) is 11.5. The van der Waals surface area contributed by atoms with E-state index < -0.39 is 0 Å². The first-order valence-corrected chi connectivity index (χ1v) is 5.64. The molecule has 2 heteroatoms. The predicted molar refractivity (Wildman–Crippen MR) is 63.7 cm³/mol. The van der Waals surface area contributed by atoms with Crippen LogP contribution in [0.3, 0.4) is 0 Å². The molecule has 0 radical (unpaired) electrons. The van der Waals surface area contributed by atoms with Gasteiger partial charge in [0.2, 0.25) is 0 Å². The lowest BCUT2D eigenvalue weighted by atomic mass is 9.97. The Morgan fingerprint density at radius 3 is 2.88 bits per heavy atom. The number of hydrogen-bond donors (Lipinski definition) is 0. The number of Topliss-reactive ketones (excluding diaryl/α,β-unsaturated/α-hetero) is 1. The monoisotopic (exact) mass is 216 g/mol. The smallest absolute Gasteiger partial charge is 0.158 e. The number of allylic oxidation sites excluding steroid dienone is 1. The van der Waals surface area contributed by atoms with Crippen LogP contribution in [0.4, 0.5) is 0 Å². The molecule has 0 bridgehead atoms. The first kappa shape index (κ1) is 10.9. The summed E-state index contributed by atoms with van der Waals surface area (Å²) in [6, 6.07) is 8.00. The predicted octanol–water partition coefficient (Wildman–Crippen LogP) is 3.09. The van der Waals surface area contributed by atoms with Crippen molar-refractivity contribution in [2.75, 3.05) is 6.61 Å². The summed E-state index contributed by atoms with van der Waals surface area (Å²) in [5.41, 5.74) is 1.93. The van der Waals surface area contributed by atoms with Crippen molar-refractivity contribution in [2.24, 2.45) is 0 Å². The van der Waals surface area contributed by atoms with Crippen LogP contribution >= 0.6 is 0 Å². The first-order valence-electron chi connectivity index (χ1n) is 5.64. The number of hydrogen-bond acceptors (Lipinski definition) is 2. The summed E-state index contributed by atoms with van der Waals surface area (Å²) >= 11 is 0. The van der Waals surface area contributed by atoms with E-state index in [1.807, 2.05) is 25.1 Å². The Labute approximate surface area is 95.9 Å². The van der Waals surface area contributed by atoms with Crippen molar-refractivity contribution in [2.45, 2.75) is 25.7 Å². The van der Waals surface area contributed by atoms with Gasteiger partial charge in [-0.1, -0.05) is 18.7 Å². The number of ether oxygens (including phenoxy) is 1. The van der Waals surface area contributed by atoms with Crippen LogP contribution < -0.4 is 4.74 Å². The maximum absolute atomic E-state index is 11.4. The fourth-order valence-corrected chi connectivity index (χ4v) is 2.11. The highest BCUT2D eigenvalue weighted by Gasteiger charge is 2.26. The first-order chi connectivity index (χ1) is 7.70. The third kappa shape index (κ3) is 2.16. The summed E-state index contributed by atoms with van der Waals surface area (Å²) in [5, 5.41) is 0. The minimum absolute atomic E-state index is 0.201. The third-order valence-electron chi connectivity index (χ3n) is 2.96. The van der Waals surface area contributed by atoms with E-state index in [0.29, 0.717) is 18.9 Å². The molecule has 0 N–H and O–H groups in total. The van der Waals surface area contributed by atoms with Gasteiger partial charge in [0.15, 0.2) is 5.78 Å². The minimum atomic E-state index is 0.201. The standard InChI is InChI=1S/C14H16O2/c1-3-16-13-6-4-5-11(8-13)12-7-10(2)14(15)9-12/h4-6,8,12H,2-3,7,9H2,1H3. The van der Waals surface area contributed by atoms with Crippen molar-refractivity contribution in [1.29, 1.82) is 0 Å². The zero-order valence-corrected chi connectivity index (χ0v) is 9.53. The average molecular weight is 216 g/mol. The molecule has 0 aliphatic heterocycles. The number of rotatable bonds is 3. The minimum Gasteiger partial charge on any atom is -0.494 e. The molecular formula is C14H16O2. The highest BCUT2D eigenvalue weighted by Crippen LogP contribution is 2.35. The molecular weight excluding hydrogens is 200 g/mol. The summed E-state index contributed by atoms with van der Waals surface area (Å²) in [7, 11) is 0. The van der Waals surface area contributed by atoms with E-state index in [1.54, 1.807) is 0 Å². The van der Waals surface area contributed by atoms with E-state index in [4.69, 9.17) is 4.74 Å². The molecule has 1 aliphatic carbocycles. The molecule has 1 aromatic carbocycles. The van der Waals surface area contributed by atoms with E-state index in [0.717, 1.165) is 17.7 Å². The Bertz CT molecular complexity index is 404. The number of ketones is 1. The summed E-state index contributed by atoms with van der Waals surface area (Å²) < 4.78 is 5.45. The van der Waals surface area contributed by atoms with Crippen LogP contribution in [0.5, 0.6) is 5.75 Å². The van der Waals surface area contributed by atoms with Crippen molar-refractivity contribution in [3.05, 3.63) is 42.0 Å². The van der Waals surface area contributed by atoms with Gasteiger partial charge < -0.3 is 4.74 Å². The zero-order valence-electron chi connectivity index (χ0n) is 9.53. The SMILES string of the molecule is C=C1CC(c2cccc(OCC)c2)CC1=O. The van der Waals surface area contributed by atoms with Crippen molar-refractivity contribution < 1.29 is 9.53 Å². The summed E-state index contributed by atoms with van der Waals surface area (Å²) in [4.78, 5) is 11.4. The van der Waals surface area contributed by atoms with Gasteiger partial charge in [-0.25, -0.2) is 0 Å². The molecule has 1 atom stereocenters. The largest absolute Gasteiger partial charge is 0.494 e. The molecule has 84 valence electrons. The van der Waals surface area contributed by atoms with Crippen LogP contribution in [-0.4, -0.2) is 12.4 Å². The van der Waals surface area contributed by atoms with Crippen molar-refractivity contribution in [3.8, 4) is 5.75 Å². The highest BCUT2D eigenvalue weighted by molar-refractivity contribution is 5.97. The van der Waals surface area contributed by atoms with Crippen LogP contribution in [0.2, 0.25) is 0 Å². The van der Waals surface area contributed by atoms with Gasteiger partial charge in [0, 0.05) is 6.42 Å². The Morgan fingerprint density at radius 1 is 1.44 bits per heavy atom. The van der Waals surface area contributed by atoms with Crippen LogP contribution in [0.15, 0.2) is 36.4 Å². The molecule has 0 spiro atoms. The quantitative estimate of drug-likeness (QED) is 0.726. The number of benzene rings is 1. The Kier molecular flexibility index (Phi) is 3.09. The second-order valence-electron chi connectivity index (χ2n) is 4.14. The van der Waals surface area contributed by atoms with Crippen LogP contribution in [0, 0.1) is 0 Å². The molecule has 0 heterocycles. The van der Waals surface area contributed by atoms with Gasteiger partial charge >= 0.3 is 0 Å². The maximum Gasteiger partial charge on any atom is 0.158 e. The second kappa shape index (κ2) is 4.52. The van der Waals surface area contributed by atoms with Gasteiger partial charge in [-0.05, 0) is 42.5 Å². The molecule has 0 aromatic heterocycles. The Balaban J connectivity index is 2.18. The van der Waals surface area contributed by atoms with Gasteiger partial charge in [0.25, 0.3) is 0 Å². The molecule has 0 amide bonds. The van der Waals surface area contributed by atoms with Gasteiger partial charge in [0.1, 0.15) is 5.75 Å². The van der Waals surface area contributed by atoms with Gasteiger partial charge in [-0.15, -0.1) is 0 Å². The van der Waals surface area contributed by atoms with Crippen molar-refractivity contribution in [3.63, 3.8) is 0 Å². The lowest BCUT2D eigenvalue weighted by Gasteiger charge is -2.10. The van der Waals surface area contributed by atoms with E-state index in [1.165, 1.54) is 5.56 Å². The van der Waals surface area contributed by atoms with Crippen molar-refractivity contribution >= 4 is 5.78 Å². The van der Waals surface area contributed by atoms with Gasteiger partial charge in [0.05, 0.1) is 6.61 Å². The summed E-state index contributed by atoms with van der Waals surface area (Å²) in [6.45, 7) is 6.42. The average Bonchev–Trinajstić information content (AvgIpc) is 2.60. The van der Waals surface area contributed by atoms with Gasteiger partial charge in [-0.2, -0.15) is 0 Å². The second-order valence-corrected chi connectivity index (χ2v) is 4.14. The van der Waals surface area contributed by atoms with E-state index in [-0.39, 0.29) is 5.78 Å². The molecule has 0 saturated heterocycles. The van der Waals surface area contributed by atoms with Gasteiger partial charge in [-0.3, -0.25) is 4.79 Å². The van der Waals surface area contributed by atoms with Crippen LogP contribution in [0.25, 0.3) is 0 Å². The lowest BCUT2D eigenvalue weighted by molar-refractivity contribution is -0.114. The maximum atomic E-state index is 11.4. The number of carbonyl (C=O) groups excluding carboxylic acids is 1. The summed E-state index contributed by atoms with van der Waals surface area (Å²) in [5.74, 6) is 1.37. The molecule has 1 unspecified atom stereocenters. The normalized spacial score (nSPS) is 20.2. The summed E-state index contributed by atoms with van der Waals surface area (Å²) in [6.07, 6.45) is 1.38. The molecule has 1 aromatic rings. The molecule has 16 heavy (non-hydrogen) atoms. The van der Waals surface area contributed by atoms with E-state index >= 15 is 0 Å². The highest BCUT2D eigenvalue weighted by atomic mass is 16.5. The Hall–Kier alpha value is -1.57. The molecule has 2 nitrogen and oxygen atoms in total. The fraction of sp³-hybridized carbons (Fsp3) is 0.357. The molecule has 1 aliphatic rings. The molecule has 1 saturated carbocycles. The number of carbonyl (C=O) groups is 1. The topological polar surface area (TPSA) is 26.3 Å². The van der Waals surface area contributed by atoms with Crippen LogP contribution in [0.1, 0.15) is 31.2 Å². The van der Waals surface area contributed by atoms with E-state index in [2.05, 4.69) is 12.6 Å². The molecule has 2 rings (SSSR count). The van der Waals surface area contributed by atoms with Crippen molar-refractivity contribution in [1.82, 2.24) is 0 Å². The van der Waals surface area contributed by atoms with E-state index in [9.17, 15) is 4.79 Å².